The van der Waals surface area contributed by atoms with Gasteiger partial charge in [-0.3, -0.25) is 0 Å². The molecule has 0 radical (unpaired) electrons. The molecule has 2 aliphatic rings. The van der Waals surface area contributed by atoms with Gasteiger partial charge in [-0.05, 0) is 56.3 Å². The topological polar surface area (TPSA) is 44.0 Å². The van der Waals surface area contributed by atoms with Crippen molar-refractivity contribution in [2.45, 2.75) is 84.2 Å². The molecule has 0 heterocycles. The summed E-state index contributed by atoms with van der Waals surface area (Å²) in [5.41, 5.74) is -1.22. The van der Waals surface area contributed by atoms with Gasteiger partial charge < -0.3 is 5.11 Å². The summed E-state index contributed by atoms with van der Waals surface area (Å²) >= 11 is 0. The van der Waals surface area contributed by atoms with Gasteiger partial charge in [0.05, 0.1) is 17.1 Å². The summed E-state index contributed by atoms with van der Waals surface area (Å²) in [6, 6.07) is 2.61. The first-order valence-electron chi connectivity index (χ1n) is 8.62. The molecule has 2 fully saturated rings. The van der Waals surface area contributed by atoms with E-state index in [1.165, 1.54) is 12.8 Å². The Balaban J connectivity index is 2.27. The van der Waals surface area contributed by atoms with Crippen LogP contribution in [-0.4, -0.2) is 10.7 Å². The Labute approximate surface area is 124 Å². The number of aliphatic hydroxyl groups is 1. The Kier molecular flexibility index (Phi) is 4.80. The van der Waals surface area contributed by atoms with Crippen molar-refractivity contribution in [1.82, 2.24) is 0 Å². The molecule has 0 aliphatic heterocycles. The third-order valence-electron chi connectivity index (χ3n) is 6.32. The van der Waals surface area contributed by atoms with Crippen LogP contribution < -0.4 is 0 Å². The highest BCUT2D eigenvalue weighted by atomic mass is 16.3. The quantitative estimate of drug-likeness (QED) is 0.814. The minimum absolute atomic E-state index is 0.300. The van der Waals surface area contributed by atoms with Crippen LogP contribution in [0, 0.1) is 34.5 Å². The zero-order valence-corrected chi connectivity index (χ0v) is 13.5. The van der Waals surface area contributed by atoms with E-state index in [2.05, 4.69) is 26.8 Å². The average molecular weight is 277 g/mol. The molecule has 2 heteroatoms. The smallest absolute Gasteiger partial charge is 0.0863 e. The Bertz CT molecular complexity index is 362. The number of hydrogen-bond donors (Lipinski definition) is 1. The van der Waals surface area contributed by atoms with Crippen LogP contribution >= 0.6 is 0 Å². The van der Waals surface area contributed by atoms with Gasteiger partial charge in [-0.1, -0.05) is 40.0 Å². The van der Waals surface area contributed by atoms with Crippen molar-refractivity contribution in [2.24, 2.45) is 23.2 Å². The number of rotatable bonds is 3. The van der Waals surface area contributed by atoms with E-state index in [1.807, 2.05) is 0 Å². The molecule has 0 saturated heterocycles. The van der Waals surface area contributed by atoms with E-state index >= 15 is 0 Å². The van der Waals surface area contributed by atoms with Crippen LogP contribution in [-0.2, 0) is 0 Å². The Hall–Kier alpha value is -0.550. The second-order valence-electron chi connectivity index (χ2n) is 7.57. The predicted molar refractivity (Wildman–Crippen MR) is 82.0 cm³/mol. The molecule has 2 unspecified atom stereocenters. The third kappa shape index (κ3) is 2.50. The normalized spacial score (nSPS) is 42.4. The van der Waals surface area contributed by atoms with Crippen molar-refractivity contribution in [3.05, 3.63) is 0 Å². The molecule has 2 aliphatic carbocycles. The molecule has 0 bridgehead atoms. The van der Waals surface area contributed by atoms with Crippen molar-refractivity contribution in [3.8, 4) is 6.07 Å². The molecule has 2 nitrogen and oxygen atoms in total. The maximum Gasteiger partial charge on any atom is 0.0863 e. The summed E-state index contributed by atoms with van der Waals surface area (Å²) < 4.78 is 0. The number of hydrogen-bond acceptors (Lipinski definition) is 2. The molecule has 0 aromatic heterocycles. The molecule has 0 aromatic rings. The van der Waals surface area contributed by atoms with Crippen molar-refractivity contribution in [2.75, 3.05) is 0 Å². The van der Waals surface area contributed by atoms with E-state index in [9.17, 15) is 10.4 Å². The first-order chi connectivity index (χ1) is 9.49. The fourth-order valence-electron chi connectivity index (χ4n) is 4.88. The van der Waals surface area contributed by atoms with Crippen LogP contribution in [0.2, 0.25) is 0 Å². The SMILES string of the molecule is CCC1CCC(C#N)(C2(O)CCCCC2C(C)C)CC1. The van der Waals surface area contributed by atoms with E-state index in [4.69, 9.17) is 0 Å². The average Bonchev–Trinajstić information content (AvgIpc) is 2.47. The van der Waals surface area contributed by atoms with Crippen molar-refractivity contribution < 1.29 is 5.11 Å². The second kappa shape index (κ2) is 6.06. The number of nitrogens with zero attached hydrogens (tertiary/aromatic N) is 1. The van der Waals surface area contributed by atoms with Gasteiger partial charge in [0.25, 0.3) is 0 Å². The summed E-state index contributed by atoms with van der Waals surface area (Å²) in [6.07, 6.45) is 9.49. The first kappa shape index (κ1) is 15.8. The lowest BCUT2D eigenvalue weighted by atomic mass is 9.53. The van der Waals surface area contributed by atoms with Crippen LogP contribution in [0.4, 0.5) is 0 Å². The molecule has 114 valence electrons. The fraction of sp³-hybridized carbons (Fsp3) is 0.944. The van der Waals surface area contributed by atoms with E-state index in [1.54, 1.807) is 0 Å². The zero-order chi connectivity index (χ0) is 14.8. The van der Waals surface area contributed by atoms with E-state index in [-0.39, 0.29) is 0 Å². The van der Waals surface area contributed by atoms with Gasteiger partial charge in [0.15, 0.2) is 0 Å². The fourth-order valence-corrected chi connectivity index (χ4v) is 4.88. The van der Waals surface area contributed by atoms with Crippen LogP contribution in [0.5, 0.6) is 0 Å². The van der Waals surface area contributed by atoms with Crippen molar-refractivity contribution >= 4 is 0 Å². The standard InChI is InChI=1S/C18H31NO/c1-4-15-8-11-17(13-19,12-9-15)18(20)10-6-5-7-16(18)14(2)3/h14-16,20H,4-12H2,1-3H3. The second-order valence-corrected chi connectivity index (χ2v) is 7.57. The van der Waals surface area contributed by atoms with E-state index in [0.29, 0.717) is 11.8 Å². The molecule has 0 spiro atoms. The Morgan fingerprint density at radius 2 is 1.80 bits per heavy atom. The third-order valence-corrected chi connectivity index (χ3v) is 6.32. The summed E-state index contributed by atoms with van der Waals surface area (Å²) in [6.45, 7) is 6.67. The van der Waals surface area contributed by atoms with Gasteiger partial charge in [-0.25, -0.2) is 0 Å². The first-order valence-corrected chi connectivity index (χ1v) is 8.62. The van der Waals surface area contributed by atoms with Crippen LogP contribution in [0.1, 0.15) is 78.6 Å². The lowest BCUT2D eigenvalue weighted by molar-refractivity contribution is -0.152. The van der Waals surface area contributed by atoms with E-state index in [0.717, 1.165) is 50.9 Å². The molecule has 2 atom stereocenters. The molecule has 1 N–H and O–H groups in total. The summed E-state index contributed by atoms with van der Waals surface area (Å²) in [7, 11) is 0. The van der Waals surface area contributed by atoms with Gasteiger partial charge in [-0.15, -0.1) is 0 Å². The van der Waals surface area contributed by atoms with Gasteiger partial charge in [-0.2, -0.15) is 5.26 Å². The highest BCUT2D eigenvalue weighted by Gasteiger charge is 2.57. The van der Waals surface area contributed by atoms with Gasteiger partial charge in [0, 0.05) is 0 Å². The minimum Gasteiger partial charge on any atom is -0.388 e. The molecular weight excluding hydrogens is 246 g/mol. The predicted octanol–water partition coefficient (Wildman–Crippen LogP) is 4.67. The molecule has 0 aromatic carbocycles. The highest BCUT2D eigenvalue weighted by Crippen LogP contribution is 2.55. The highest BCUT2D eigenvalue weighted by molar-refractivity contribution is 5.16. The lowest BCUT2D eigenvalue weighted by Crippen LogP contribution is -2.57. The van der Waals surface area contributed by atoms with Gasteiger partial charge >= 0.3 is 0 Å². The maximum absolute atomic E-state index is 11.5. The Morgan fingerprint density at radius 1 is 1.15 bits per heavy atom. The summed E-state index contributed by atoms with van der Waals surface area (Å²) in [5, 5.41) is 21.4. The van der Waals surface area contributed by atoms with Crippen LogP contribution in [0.3, 0.4) is 0 Å². The zero-order valence-electron chi connectivity index (χ0n) is 13.5. The maximum atomic E-state index is 11.5. The monoisotopic (exact) mass is 277 g/mol. The van der Waals surface area contributed by atoms with Gasteiger partial charge in [0.2, 0.25) is 0 Å². The minimum atomic E-state index is -0.743. The Morgan fingerprint density at radius 3 is 2.30 bits per heavy atom. The van der Waals surface area contributed by atoms with Crippen molar-refractivity contribution in [3.63, 3.8) is 0 Å². The molecule has 20 heavy (non-hydrogen) atoms. The molecule has 2 rings (SSSR count). The lowest BCUT2D eigenvalue weighted by Gasteiger charge is -2.53. The van der Waals surface area contributed by atoms with Crippen LogP contribution in [0.25, 0.3) is 0 Å². The molecule has 0 amide bonds. The van der Waals surface area contributed by atoms with E-state index < -0.39 is 11.0 Å². The van der Waals surface area contributed by atoms with Crippen molar-refractivity contribution in [1.29, 1.82) is 5.26 Å². The van der Waals surface area contributed by atoms with Crippen LogP contribution in [0.15, 0.2) is 0 Å². The summed E-state index contributed by atoms with van der Waals surface area (Å²) in [5.74, 6) is 1.53. The summed E-state index contributed by atoms with van der Waals surface area (Å²) in [4.78, 5) is 0. The largest absolute Gasteiger partial charge is 0.388 e. The van der Waals surface area contributed by atoms with Gasteiger partial charge in [0.1, 0.15) is 0 Å². The molecule has 2 saturated carbocycles. The number of nitriles is 1. The molecular formula is C18H31NO.